The number of aliphatic hydroxyl groups is 1. The standard InChI is InChI=1S/C24H27N3O4/c1-30-19-10-11-20(22(13-19)31-2)23-21(15-27(25-23)18-8-4-3-5-9-18)24(29)26-12-6-7-17(14-26)16-28/h3-5,8-11,13,15,17,28H,6-7,12,14,16H2,1-2H3. The molecule has 1 aromatic heterocycles. The van der Waals surface area contributed by atoms with E-state index in [2.05, 4.69) is 0 Å². The molecule has 7 heteroatoms. The minimum Gasteiger partial charge on any atom is -0.497 e. The molecule has 0 saturated carbocycles. The molecule has 2 heterocycles. The average molecular weight is 421 g/mol. The third kappa shape index (κ3) is 4.27. The van der Waals surface area contributed by atoms with Gasteiger partial charge in [-0.15, -0.1) is 0 Å². The van der Waals surface area contributed by atoms with E-state index in [4.69, 9.17) is 14.6 Å². The van der Waals surface area contributed by atoms with E-state index in [9.17, 15) is 9.90 Å². The summed E-state index contributed by atoms with van der Waals surface area (Å²) in [6, 6.07) is 15.2. The predicted molar refractivity (Wildman–Crippen MR) is 118 cm³/mol. The fraction of sp³-hybridized carbons (Fsp3) is 0.333. The van der Waals surface area contributed by atoms with Crippen LogP contribution in [0.25, 0.3) is 16.9 Å². The van der Waals surface area contributed by atoms with Crippen LogP contribution < -0.4 is 9.47 Å². The van der Waals surface area contributed by atoms with Gasteiger partial charge in [0, 0.05) is 37.5 Å². The Balaban J connectivity index is 1.80. The second-order valence-electron chi connectivity index (χ2n) is 7.68. The summed E-state index contributed by atoms with van der Waals surface area (Å²) in [6.07, 6.45) is 3.59. The predicted octanol–water partition coefficient (Wildman–Crippen LogP) is 3.40. The number of piperidine rings is 1. The lowest BCUT2D eigenvalue weighted by Gasteiger charge is -2.31. The Hall–Kier alpha value is -3.32. The summed E-state index contributed by atoms with van der Waals surface area (Å²) in [4.78, 5) is 15.4. The summed E-state index contributed by atoms with van der Waals surface area (Å²) in [5, 5.41) is 14.4. The zero-order valence-corrected chi connectivity index (χ0v) is 17.8. The molecule has 7 nitrogen and oxygen atoms in total. The number of ether oxygens (including phenoxy) is 2. The number of carbonyl (C=O) groups excluding carboxylic acids is 1. The van der Waals surface area contributed by atoms with Gasteiger partial charge >= 0.3 is 0 Å². The van der Waals surface area contributed by atoms with Crippen LogP contribution in [-0.4, -0.2) is 59.6 Å². The third-order valence-corrected chi connectivity index (χ3v) is 5.69. The minimum atomic E-state index is -0.0896. The molecule has 1 saturated heterocycles. The monoisotopic (exact) mass is 421 g/mol. The van der Waals surface area contributed by atoms with Gasteiger partial charge in [0.2, 0.25) is 0 Å². The number of benzene rings is 2. The molecule has 2 aromatic carbocycles. The van der Waals surface area contributed by atoms with Gasteiger partial charge < -0.3 is 19.5 Å². The number of likely N-dealkylation sites (tertiary alicyclic amines) is 1. The fourth-order valence-corrected chi connectivity index (χ4v) is 4.01. The SMILES string of the molecule is COc1ccc(-c2nn(-c3ccccc3)cc2C(=O)N2CCCC(CO)C2)c(OC)c1. The zero-order valence-electron chi connectivity index (χ0n) is 17.8. The van der Waals surface area contributed by atoms with E-state index in [0.29, 0.717) is 35.8 Å². The van der Waals surface area contributed by atoms with Gasteiger partial charge in [0.1, 0.15) is 17.2 Å². The Morgan fingerprint density at radius 3 is 2.68 bits per heavy atom. The van der Waals surface area contributed by atoms with E-state index < -0.39 is 0 Å². The maximum Gasteiger partial charge on any atom is 0.257 e. The van der Waals surface area contributed by atoms with E-state index >= 15 is 0 Å². The van der Waals surface area contributed by atoms with Crippen molar-refractivity contribution in [3.8, 4) is 28.4 Å². The van der Waals surface area contributed by atoms with Crippen LogP contribution in [0.15, 0.2) is 54.7 Å². The first-order chi connectivity index (χ1) is 15.1. The highest BCUT2D eigenvalue weighted by molar-refractivity contribution is 6.00. The molecule has 162 valence electrons. The first-order valence-corrected chi connectivity index (χ1v) is 10.4. The molecule has 1 N–H and O–H groups in total. The number of hydrogen-bond acceptors (Lipinski definition) is 5. The maximum absolute atomic E-state index is 13.5. The average Bonchev–Trinajstić information content (AvgIpc) is 3.29. The van der Waals surface area contributed by atoms with E-state index in [1.807, 2.05) is 47.4 Å². The molecule has 1 aliphatic rings. The second-order valence-corrected chi connectivity index (χ2v) is 7.68. The summed E-state index contributed by atoms with van der Waals surface area (Å²) in [6.45, 7) is 1.31. The Labute approximate surface area is 181 Å². The van der Waals surface area contributed by atoms with E-state index in [1.54, 1.807) is 31.2 Å². The van der Waals surface area contributed by atoms with Crippen molar-refractivity contribution in [2.45, 2.75) is 12.8 Å². The van der Waals surface area contributed by atoms with Crippen LogP contribution in [0.1, 0.15) is 23.2 Å². The Morgan fingerprint density at radius 1 is 1.16 bits per heavy atom. The maximum atomic E-state index is 13.5. The van der Waals surface area contributed by atoms with Gasteiger partial charge in [-0.25, -0.2) is 4.68 Å². The first kappa shape index (κ1) is 20.9. The minimum absolute atomic E-state index is 0.0895. The lowest BCUT2D eigenvalue weighted by Crippen LogP contribution is -2.41. The highest BCUT2D eigenvalue weighted by Crippen LogP contribution is 2.35. The number of aromatic nitrogens is 2. The second kappa shape index (κ2) is 9.22. The Bertz CT molecular complexity index is 1050. The molecule has 4 rings (SSSR count). The van der Waals surface area contributed by atoms with Gasteiger partial charge in [-0.05, 0) is 43.0 Å². The summed E-state index contributed by atoms with van der Waals surface area (Å²) >= 11 is 0. The smallest absolute Gasteiger partial charge is 0.257 e. The molecule has 1 aliphatic heterocycles. The number of hydrogen-bond donors (Lipinski definition) is 1. The highest BCUT2D eigenvalue weighted by atomic mass is 16.5. The molecule has 3 aromatic rings. The van der Waals surface area contributed by atoms with Crippen molar-refractivity contribution in [1.82, 2.24) is 14.7 Å². The number of methoxy groups -OCH3 is 2. The lowest BCUT2D eigenvalue weighted by atomic mass is 9.98. The largest absolute Gasteiger partial charge is 0.497 e. The third-order valence-electron chi connectivity index (χ3n) is 5.69. The quantitative estimate of drug-likeness (QED) is 0.660. The number of para-hydroxylation sites is 1. The van der Waals surface area contributed by atoms with Gasteiger partial charge in [0.05, 0.1) is 25.5 Å². The van der Waals surface area contributed by atoms with Crippen LogP contribution in [0, 0.1) is 5.92 Å². The number of nitrogens with zero attached hydrogens (tertiary/aromatic N) is 3. The molecule has 0 bridgehead atoms. The highest BCUT2D eigenvalue weighted by Gasteiger charge is 2.29. The Morgan fingerprint density at radius 2 is 1.97 bits per heavy atom. The van der Waals surface area contributed by atoms with Crippen molar-refractivity contribution in [3.63, 3.8) is 0 Å². The summed E-state index contributed by atoms with van der Waals surface area (Å²) in [7, 11) is 3.19. The van der Waals surface area contributed by atoms with Crippen molar-refractivity contribution >= 4 is 5.91 Å². The van der Waals surface area contributed by atoms with Crippen molar-refractivity contribution < 1.29 is 19.4 Å². The Kier molecular flexibility index (Phi) is 6.23. The molecule has 0 aliphatic carbocycles. The van der Waals surface area contributed by atoms with Gasteiger partial charge in [-0.2, -0.15) is 5.10 Å². The van der Waals surface area contributed by atoms with Crippen molar-refractivity contribution in [3.05, 3.63) is 60.3 Å². The number of aliphatic hydroxyl groups excluding tert-OH is 1. The number of carbonyl (C=O) groups is 1. The van der Waals surface area contributed by atoms with Crippen molar-refractivity contribution in [2.75, 3.05) is 33.9 Å². The molecule has 1 amide bonds. The van der Waals surface area contributed by atoms with Crippen LogP contribution in [0.3, 0.4) is 0 Å². The zero-order chi connectivity index (χ0) is 21.8. The van der Waals surface area contributed by atoms with E-state index in [0.717, 1.165) is 24.1 Å². The van der Waals surface area contributed by atoms with Crippen molar-refractivity contribution in [1.29, 1.82) is 0 Å². The molecule has 31 heavy (non-hydrogen) atoms. The topological polar surface area (TPSA) is 76.8 Å². The molecular weight excluding hydrogens is 394 g/mol. The molecular formula is C24H27N3O4. The van der Waals surface area contributed by atoms with E-state index in [-0.39, 0.29) is 18.4 Å². The molecule has 1 atom stereocenters. The number of rotatable bonds is 6. The van der Waals surface area contributed by atoms with Gasteiger partial charge in [0.15, 0.2) is 0 Å². The van der Waals surface area contributed by atoms with Gasteiger partial charge in [-0.1, -0.05) is 18.2 Å². The molecule has 1 fully saturated rings. The van der Waals surface area contributed by atoms with Gasteiger partial charge in [0.25, 0.3) is 5.91 Å². The van der Waals surface area contributed by atoms with Crippen LogP contribution in [0.4, 0.5) is 0 Å². The van der Waals surface area contributed by atoms with Crippen LogP contribution >= 0.6 is 0 Å². The summed E-state index contributed by atoms with van der Waals surface area (Å²) in [5.74, 6) is 1.27. The molecule has 0 spiro atoms. The summed E-state index contributed by atoms with van der Waals surface area (Å²) < 4.78 is 12.6. The van der Waals surface area contributed by atoms with Crippen molar-refractivity contribution in [2.24, 2.45) is 5.92 Å². The first-order valence-electron chi connectivity index (χ1n) is 10.4. The fourth-order valence-electron chi connectivity index (χ4n) is 4.01. The van der Waals surface area contributed by atoms with Crippen LogP contribution in [0.5, 0.6) is 11.5 Å². The summed E-state index contributed by atoms with van der Waals surface area (Å²) in [5.41, 5.74) is 2.64. The molecule has 1 unspecified atom stereocenters. The number of amides is 1. The van der Waals surface area contributed by atoms with Crippen LogP contribution in [0.2, 0.25) is 0 Å². The van der Waals surface area contributed by atoms with Crippen LogP contribution in [-0.2, 0) is 0 Å². The van der Waals surface area contributed by atoms with Gasteiger partial charge in [-0.3, -0.25) is 4.79 Å². The normalized spacial score (nSPS) is 16.2. The molecule has 0 radical (unpaired) electrons. The lowest BCUT2D eigenvalue weighted by molar-refractivity contribution is 0.0621. The van der Waals surface area contributed by atoms with E-state index in [1.165, 1.54) is 0 Å².